The molecule has 2 atom stereocenters. The minimum absolute atomic E-state index is 0.211. The number of amides is 3. The second kappa shape index (κ2) is 7.65. The van der Waals surface area contributed by atoms with Crippen molar-refractivity contribution >= 4 is 17.7 Å². The lowest BCUT2D eigenvalue weighted by molar-refractivity contribution is -0.130. The van der Waals surface area contributed by atoms with Crippen molar-refractivity contribution in [1.29, 1.82) is 0 Å². The van der Waals surface area contributed by atoms with Crippen molar-refractivity contribution in [2.45, 2.75) is 39.3 Å². The van der Waals surface area contributed by atoms with Gasteiger partial charge >= 0.3 is 0 Å². The molecule has 0 rings (SSSR count). The SMILES string of the molecule is CC(C)C[C@H](NC(=O)[C@H](C)N)C(=O)NCC(N)=O. The summed E-state index contributed by atoms with van der Waals surface area (Å²) in [5, 5.41) is 4.91. The van der Waals surface area contributed by atoms with Gasteiger partial charge in [-0.3, -0.25) is 14.4 Å². The van der Waals surface area contributed by atoms with Gasteiger partial charge in [0.1, 0.15) is 6.04 Å². The normalized spacial score (nSPS) is 13.8. The number of hydrogen-bond acceptors (Lipinski definition) is 4. The van der Waals surface area contributed by atoms with Crippen LogP contribution in [0.5, 0.6) is 0 Å². The monoisotopic (exact) mass is 258 g/mol. The molecule has 6 N–H and O–H groups in total. The first-order valence-electron chi connectivity index (χ1n) is 5.86. The lowest BCUT2D eigenvalue weighted by Gasteiger charge is -2.20. The number of primary amides is 1. The minimum atomic E-state index is -0.706. The van der Waals surface area contributed by atoms with Crippen molar-refractivity contribution in [1.82, 2.24) is 10.6 Å². The Morgan fingerprint density at radius 3 is 2.06 bits per heavy atom. The highest BCUT2D eigenvalue weighted by atomic mass is 16.2. The Morgan fingerprint density at radius 2 is 1.67 bits per heavy atom. The number of carbonyl (C=O) groups is 3. The van der Waals surface area contributed by atoms with Crippen molar-refractivity contribution in [2.75, 3.05) is 6.54 Å². The van der Waals surface area contributed by atoms with Crippen molar-refractivity contribution in [3.05, 3.63) is 0 Å². The second-order valence-corrected chi connectivity index (χ2v) is 4.66. The van der Waals surface area contributed by atoms with Gasteiger partial charge < -0.3 is 22.1 Å². The fraction of sp³-hybridized carbons (Fsp3) is 0.727. The molecule has 104 valence electrons. The van der Waals surface area contributed by atoms with Crippen molar-refractivity contribution in [3.8, 4) is 0 Å². The molecule has 0 radical (unpaired) electrons. The maximum atomic E-state index is 11.8. The Kier molecular flexibility index (Phi) is 6.96. The molecule has 18 heavy (non-hydrogen) atoms. The van der Waals surface area contributed by atoms with E-state index in [0.717, 1.165) is 0 Å². The Hall–Kier alpha value is -1.63. The van der Waals surface area contributed by atoms with E-state index in [1.54, 1.807) is 0 Å². The van der Waals surface area contributed by atoms with E-state index in [9.17, 15) is 14.4 Å². The van der Waals surface area contributed by atoms with Gasteiger partial charge in [0, 0.05) is 0 Å². The average Bonchev–Trinajstić information content (AvgIpc) is 2.23. The van der Waals surface area contributed by atoms with Gasteiger partial charge in [-0.05, 0) is 19.3 Å². The van der Waals surface area contributed by atoms with Crippen molar-refractivity contribution in [2.24, 2.45) is 17.4 Å². The lowest BCUT2D eigenvalue weighted by atomic mass is 10.0. The van der Waals surface area contributed by atoms with Crippen molar-refractivity contribution in [3.63, 3.8) is 0 Å². The lowest BCUT2D eigenvalue weighted by Crippen LogP contribution is -2.52. The van der Waals surface area contributed by atoms with Crippen LogP contribution in [0.15, 0.2) is 0 Å². The van der Waals surface area contributed by atoms with E-state index in [0.29, 0.717) is 6.42 Å². The Bertz CT molecular complexity index is 315. The summed E-state index contributed by atoms with van der Waals surface area (Å²) in [5.74, 6) is -1.26. The first-order valence-corrected chi connectivity index (χ1v) is 5.86. The standard InChI is InChI=1S/C11H22N4O3/c1-6(2)4-8(15-10(17)7(3)12)11(18)14-5-9(13)16/h6-8H,4-5,12H2,1-3H3,(H2,13,16)(H,14,18)(H,15,17)/t7-,8-/m0/s1. The van der Waals surface area contributed by atoms with Gasteiger partial charge in [-0.1, -0.05) is 13.8 Å². The van der Waals surface area contributed by atoms with Crippen LogP contribution in [-0.4, -0.2) is 36.3 Å². The molecular formula is C11H22N4O3. The molecule has 0 aliphatic carbocycles. The Labute approximate surface area is 107 Å². The third-order valence-corrected chi connectivity index (χ3v) is 2.19. The summed E-state index contributed by atoms with van der Waals surface area (Å²) in [6, 6.07) is -1.40. The van der Waals surface area contributed by atoms with Crippen molar-refractivity contribution < 1.29 is 14.4 Å². The molecule has 7 nitrogen and oxygen atoms in total. The van der Waals surface area contributed by atoms with Gasteiger partial charge in [-0.15, -0.1) is 0 Å². The smallest absolute Gasteiger partial charge is 0.243 e. The predicted molar refractivity (Wildman–Crippen MR) is 67.2 cm³/mol. The molecule has 0 heterocycles. The van der Waals surface area contributed by atoms with Crippen LogP contribution in [0.4, 0.5) is 0 Å². The van der Waals surface area contributed by atoms with E-state index < -0.39 is 29.8 Å². The van der Waals surface area contributed by atoms with Crippen LogP contribution in [0.3, 0.4) is 0 Å². The maximum absolute atomic E-state index is 11.8. The van der Waals surface area contributed by atoms with Crippen LogP contribution in [0.2, 0.25) is 0 Å². The second-order valence-electron chi connectivity index (χ2n) is 4.66. The molecule has 0 spiro atoms. The third kappa shape index (κ3) is 6.85. The zero-order chi connectivity index (χ0) is 14.3. The van der Waals surface area contributed by atoms with Gasteiger partial charge in [-0.2, -0.15) is 0 Å². The zero-order valence-electron chi connectivity index (χ0n) is 11.0. The molecule has 0 bridgehead atoms. The highest BCUT2D eigenvalue weighted by Crippen LogP contribution is 2.05. The van der Waals surface area contributed by atoms with E-state index in [1.165, 1.54) is 6.92 Å². The number of hydrogen-bond donors (Lipinski definition) is 4. The maximum Gasteiger partial charge on any atom is 0.243 e. The van der Waals surface area contributed by atoms with Crippen LogP contribution in [0.25, 0.3) is 0 Å². The molecule has 0 unspecified atom stereocenters. The number of carbonyl (C=O) groups excluding carboxylic acids is 3. The first kappa shape index (κ1) is 16.4. The summed E-state index contributed by atoms with van der Waals surface area (Å²) in [6.45, 7) is 5.13. The summed E-state index contributed by atoms with van der Waals surface area (Å²) in [6.07, 6.45) is 0.461. The average molecular weight is 258 g/mol. The molecular weight excluding hydrogens is 236 g/mol. The van der Waals surface area contributed by atoms with Gasteiger partial charge in [0.25, 0.3) is 0 Å². The highest BCUT2D eigenvalue weighted by Gasteiger charge is 2.23. The molecule has 0 aliphatic rings. The van der Waals surface area contributed by atoms with Gasteiger partial charge in [-0.25, -0.2) is 0 Å². The fourth-order valence-corrected chi connectivity index (χ4v) is 1.30. The van der Waals surface area contributed by atoms with E-state index in [4.69, 9.17) is 11.5 Å². The fourth-order valence-electron chi connectivity index (χ4n) is 1.30. The van der Waals surface area contributed by atoms with Crippen LogP contribution < -0.4 is 22.1 Å². The van der Waals surface area contributed by atoms with Crippen LogP contribution >= 0.6 is 0 Å². The van der Waals surface area contributed by atoms with Gasteiger partial charge in [0.2, 0.25) is 17.7 Å². The first-order chi connectivity index (χ1) is 8.23. The number of nitrogens with one attached hydrogen (secondary N) is 2. The number of rotatable bonds is 7. The summed E-state index contributed by atoms with van der Waals surface area (Å²) >= 11 is 0. The molecule has 0 fully saturated rings. The number of nitrogens with two attached hydrogens (primary N) is 2. The van der Waals surface area contributed by atoms with Gasteiger partial charge in [0.15, 0.2) is 0 Å². The van der Waals surface area contributed by atoms with Crippen LogP contribution in [0.1, 0.15) is 27.2 Å². The summed E-state index contributed by atoms with van der Waals surface area (Å²) in [4.78, 5) is 33.8. The zero-order valence-corrected chi connectivity index (χ0v) is 11.0. The molecule has 3 amide bonds. The Balaban J connectivity index is 4.51. The summed E-state index contributed by atoms with van der Waals surface area (Å²) in [5.41, 5.74) is 10.4. The van der Waals surface area contributed by atoms with Crippen LogP contribution in [-0.2, 0) is 14.4 Å². The van der Waals surface area contributed by atoms with E-state index >= 15 is 0 Å². The molecule has 0 aromatic heterocycles. The molecule has 0 saturated heterocycles. The molecule has 0 aromatic rings. The Morgan fingerprint density at radius 1 is 1.11 bits per heavy atom. The largest absolute Gasteiger partial charge is 0.368 e. The molecule has 7 heteroatoms. The van der Waals surface area contributed by atoms with Gasteiger partial charge in [0.05, 0.1) is 12.6 Å². The molecule has 0 aromatic carbocycles. The van der Waals surface area contributed by atoms with E-state index in [2.05, 4.69) is 10.6 Å². The predicted octanol–water partition coefficient (Wildman–Crippen LogP) is -1.53. The molecule has 0 saturated carbocycles. The minimum Gasteiger partial charge on any atom is -0.368 e. The quantitative estimate of drug-likeness (QED) is 0.441. The van der Waals surface area contributed by atoms with E-state index in [1.807, 2.05) is 13.8 Å². The third-order valence-electron chi connectivity index (χ3n) is 2.19. The topological polar surface area (TPSA) is 127 Å². The summed E-state index contributed by atoms with van der Waals surface area (Å²) < 4.78 is 0. The van der Waals surface area contributed by atoms with Crippen LogP contribution in [0, 0.1) is 5.92 Å². The molecule has 0 aliphatic heterocycles. The van der Waals surface area contributed by atoms with E-state index in [-0.39, 0.29) is 12.5 Å². The highest BCUT2D eigenvalue weighted by molar-refractivity contribution is 5.91. The summed E-state index contributed by atoms with van der Waals surface area (Å²) in [7, 11) is 0.